The van der Waals surface area contributed by atoms with Gasteiger partial charge in [0.2, 0.25) is 11.8 Å². The van der Waals surface area contributed by atoms with E-state index in [0.29, 0.717) is 64.0 Å². The second-order valence-corrected chi connectivity index (χ2v) is 30.0. The molecule has 0 aliphatic rings. The van der Waals surface area contributed by atoms with Gasteiger partial charge in [-0.25, -0.2) is 4.79 Å². The Labute approximate surface area is 706 Å². The molecule has 0 aliphatic carbocycles. The zero-order valence-corrected chi connectivity index (χ0v) is 68.6. The first-order valence-corrected chi connectivity index (χ1v) is 41.2. The molecule has 0 bridgehead atoms. The van der Waals surface area contributed by atoms with Gasteiger partial charge in [0.25, 0.3) is 33.5 Å². The molecule has 43 heteroatoms. The first-order chi connectivity index (χ1) is 53.1. The number of carbonyl (C=O) groups is 5. The number of aromatic amines is 5. The molecule has 115 heavy (non-hydrogen) atoms. The van der Waals surface area contributed by atoms with Crippen LogP contribution >= 0.6 is 111 Å². The predicted molar refractivity (Wildman–Crippen MR) is 459 cm³/mol. The van der Waals surface area contributed by atoms with Crippen LogP contribution in [0.15, 0.2) is 158 Å². The van der Waals surface area contributed by atoms with E-state index in [0.717, 1.165) is 113 Å². The second kappa shape index (κ2) is 45.8. The van der Waals surface area contributed by atoms with E-state index in [1.54, 1.807) is 48.5 Å². The summed E-state index contributed by atoms with van der Waals surface area (Å²) in [4.78, 5) is 107. The number of anilines is 4. The third-order valence-electron chi connectivity index (χ3n) is 14.5. The van der Waals surface area contributed by atoms with E-state index < -0.39 is 56.8 Å². The number of nitrogens with zero attached hydrogens (tertiary/aromatic N) is 4. The number of rotatable bonds is 4. The Balaban J connectivity index is 0.000000347. The molecule has 32 nitrogen and oxygen atoms in total. The van der Waals surface area contributed by atoms with Gasteiger partial charge in [-0.15, -0.1) is 20.2 Å². The van der Waals surface area contributed by atoms with Crippen LogP contribution in [0, 0.1) is 40.5 Å². The number of hydrogen-bond donors (Lipinski definition) is 14. The predicted octanol–water partition coefficient (Wildman–Crippen LogP) is 22.5. The van der Waals surface area contributed by atoms with Gasteiger partial charge in [-0.05, 0) is 133 Å². The molecule has 606 valence electrons. The number of carboxylic acids is 2. The van der Waals surface area contributed by atoms with Crippen molar-refractivity contribution in [3.63, 3.8) is 0 Å². The number of nitro benzene ring substituents is 2. The number of carboxylic acid groups (broad SMARTS) is 2. The van der Waals surface area contributed by atoms with Crippen LogP contribution in [0.2, 0.25) is 40.2 Å². The average molecular weight is 1890 g/mol. The number of hydrogen-bond acceptors (Lipinski definition) is 17. The number of carbonyl (C=O) groups excluding carboxylic acids is 3. The molecule has 0 atom stereocenters. The van der Waals surface area contributed by atoms with Crippen LogP contribution in [-0.2, 0) is 28.9 Å². The molecule has 0 unspecified atom stereocenters. The molecule has 2 amide bonds. The third kappa shape index (κ3) is 27.9. The van der Waals surface area contributed by atoms with Crippen LogP contribution in [0.1, 0.15) is 49.5 Å². The van der Waals surface area contributed by atoms with Crippen molar-refractivity contribution in [2.75, 3.05) is 22.1 Å². The second-order valence-electron chi connectivity index (χ2n) is 22.3. The number of non-ortho nitro benzene ring substituents is 1. The minimum atomic E-state index is -1.50. The van der Waals surface area contributed by atoms with Crippen molar-refractivity contribution in [2.24, 2.45) is 0 Å². The van der Waals surface area contributed by atoms with Gasteiger partial charge in [0.1, 0.15) is 10.5 Å². The van der Waals surface area contributed by atoms with E-state index in [1.165, 1.54) is 26.0 Å². The number of fused-ring (bicyclic) bond motifs is 15. The summed E-state index contributed by atoms with van der Waals surface area (Å²) in [6, 6.07) is 47.3. The molecule has 0 fully saturated rings. The number of nitrogens with one attached hydrogen (secondary N) is 7. The Morgan fingerprint density at radius 2 is 0.722 bits per heavy atom. The summed E-state index contributed by atoms with van der Waals surface area (Å²) in [6.45, 7) is 6.07. The van der Waals surface area contributed by atoms with Gasteiger partial charge in [-0.1, -0.05) is 126 Å². The number of benzene rings is 10. The molecule has 15 rings (SSSR count). The van der Waals surface area contributed by atoms with E-state index in [4.69, 9.17) is 178 Å². The van der Waals surface area contributed by atoms with Crippen molar-refractivity contribution < 1.29 is 74.8 Å². The Morgan fingerprint density at radius 3 is 1.12 bits per heavy atom. The van der Waals surface area contributed by atoms with Crippen LogP contribution < -0.4 is 22.1 Å². The van der Waals surface area contributed by atoms with Gasteiger partial charge in [0.05, 0.1) is 53.4 Å². The van der Waals surface area contributed by atoms with Gasteiger partial charge < -0.3 is 72.5 Å². The summed E-state index contributed by atoms with van der Waals surface area (Å²) < 4.78 is 0. The van der Waals surface area contributed by atoms with Gasteiger partial charge in [0.15, 0.2) is 0 Å². The summed E-state index contributed by atoms with van der Waals surface area (Å²) in [5.74, 6) is -2.84. The molecule has 2 radical (unpaired) electrons. The fraction of sp³-hybridized carbons (Fsp3) is 0.0972. The Morgan fingerprint density at radius 1 is 0.409 bits per heavy atom. The fourth-order valence-electron chi connectivity index (χ4n) is 10.6. The van der Waals surface area contributed by atoms with E-state index in [9.17, 15) is 34.6 Å². The summed E-state index contributed by atoms with van der Waals surface area (Å²) in [5, 5.41) is 89.5. The van der Waals surface area contributed by atoms with Gasteiger partial charge in [0, 0.05) is 159 Å². The summed E-state index contributed by atoms with van der Waals surface area (Å²) in [5.41, 5.74) is 22.5. The van der Waals surface area contributed by atoms with E-state index >= 15 is 0 Å². The number of aliphatic carboxylic acids is 2. The number of para-hydroxylation sites is 1. The van der Waals surface area contributed by atoms with Crippen LogP contribution in [0.5, 0.6) is 0 Å². The number of H-pyrrole nitrogens is 5. The van der Waals surface area contributed by atoms with Crippen molar-refractivity contribution >= 4 is 302 Å². The van der Waals surface area contributed by atoms with E-state index in [2.05, 4.69) is 40.4 Å². The number of nitrogens with two attached hydrogens (primary N) is 2. The average Bonchev–Trinajstić information content (AvgIpc) is 1.58. The fourth-order valence-corrected chi connectivity index (χ4v) is 12.2. The maximum absolute atomic E-state index is 11.4. The summed E-state index contributed by atoms with van der Waals surface area (Å²) in [7, 11) is 9.87. The van der Waals surface area contributed by atoms with Crippen LogP contribution in [0.3, 0.4) is 0 Å². The molecule has 10 aromatic carbocycles. The first-order valence-electron chi connectivity index (χ1n) is 31.0. The molecule has 15 aromatic rings. The molecule has 0 saturated carbocycles. The number of nitro groups is 2. The van der Waals surface area contributed by atoms with Crippen LogP contribution in [-0.4, -0.2) is 119 Å². The summed E-state index contributed by atoms with van der Waals surface area (Å²) in [6.07, 6.45) is 0. The standard InChI is InChI=1S/C14H9Cl2N3O3.C14H10Cl2N2O.C12H6Cl2N2O2.C12H7Cl2N.C12H11N3.C2H4O3.2C2H4O2.2CH4.2ClH.2HNO3.Sn/c1-6(20)17-13-9(16)5-11(19(21)22)14-12(13)8-4-7(15)2-3-10(8)18-14;1-7(19)17-14-10(16)3-5-12-13(14)9-6-8(15)2-4-11(9)18-12;13-6-1-3-9-7(5-6)11-10(15-9)4-2-8(14)12(11)16(17)18;13-7-1-3-11-9(5-7)10-6-8(14)2-4-12(10)15-11;13-8-5-6-9(14)12-11(8)7-3-1-2-4-10(7)15-12;1-2(3)5-4;2*1-2(3)4;;;;;2*2-1(3)4;/h2-5,18H,1H3,(H,17,20);2-6,18H,1H3,(H,17,19);1-5,15H;1-6,15H;1-6,15H,13-14H2;4H,1H3;2*1H3,(H,3,4);2*1H4;2*1H;2*(H,2,3,4);/q;;;;;;;;;;;;;;+2/p-2. The molecule has 0 aliphatic heterocycles. The Hall–Kier alpha value is -11.0. The molecule has 5 heterocycles. The van der Waals surface area contributed by atoms with Gasteiger partial charge >= 0.3 is 42.7 Å². The zero-order valence-electron chi connectivity index (χ0n) is 58.2. The van der Waals surface area contributed by atoms with Crippen molar-refractivity contribution in [2.45, 2.75) is 49.5 Å². The monoisotopic (exact) mass is 1890 g/mol. The Kier molecular flexibility index (Phi) is 39.1. The molecule has 16 N–H and O–H groups in total. The first kappa shape index (κ1) is 98.2. The number of halogens is 10. The van der Waals surface area contributed by atoms with E-state index in [-0.39, 0.29) is 53.6 Å². The molecule has 0 spiro atoms. The molecule has 5 aromatic heterocycles. The maximum atomic E-state index is 11.4. The topological polar surface area (TPSA) is 523 Å². The van der Waals surface area contributed by atoms with E-state index in [1.807, 2.05) is 97.1 Å². The minimum absolute atomic E-state index is 0. The van der Waals surface area contributed by atoms with Crippen LogP contribution in [0.25, 0.3) is 109 Å². The van der Waals surface area contributed by atoms with Crippen LogP contribution in [0.4, 0.5) is 34.1 Å². The van der Waals surface area contributed by atoms with Crippen molar-refractivity contribution in [3.8, 4) is 0 Å². The van der Waals surface area contributed by atoms with Gasteiger partial charge in [-0.2, -0.15) is 5.26 Å². The summed E-state index contributed by atoms with van der Waals surface area (Å²) >= 11 is 47.3. The SMILES string of the molecule is C.C.CC(=O)Nc1c(Cl)cc([N+](=O)[O-])c2[nH]c3ccc(Cl)cc3c12.CC(=O)Nc1c(Cl)ccc2[nH]c3ccc(Cl)cc3c12.CC(=O)O.CC(=O)O.CC(=O)OO.Clc1ccc2[nH]c3ccc(Cl)cc3c2c1.Nc1ccc(N)c2c1[nH]c1ccccc12.O=[N+]([O-])O.O=[N+]([O-])O.O=[N+]([O-])c1c(Cl)ccc2[nH]c3ccc(Cl)cc3c12.[Cl][Sn][Cl]. The van der Waals surface area contributed by atoms with Crippen molar-refractivity contribution in [3.05, 3.63) is 238 Å². The molecular weight excluding hydrogens is 1820 g/mol. The number of nitrogen functional groups attached to an aromatic ring is 2. The van der Waals surface area contributed by atoms with Gasteiger partial charge in [-0.3, -0.25) is 39.4 Å². The third-order valence-corrected chi connectivity index (χ3v) is 16.5. The molecule has 0 saturated heterocycles. The molecular formula is C72H65Cl10N13O19Sn. The van der Waals surface area contributed by atoms with Crippen molar-refractivity contribution in [1.29, 1.82) is 0 Å². The number of amides is 2. The number of aromatic nitrogens is 5. The van der Waals surface area contributed by atoms with Crippen molar-refractivity contribution in [1.82, 2.24) is 24.9 Å². The Bertz CT molecular complexity index is 5960. The zero-order chi connectivity index (χ0) is 84.6. The quantitative estimate of drug-likeness (QED) is 0.0256. The normalized spacial score (nSPS) is 9.95.